The average Bonchev–Trinajstić information content (AvgIpc) is 2.87. The Bertz CT molecular complexity index is 700. The first-order valence-corrected chi connectivity index (χ1v) is 7.96. The van der Waals surface area contributed by atoms with Gasteiger partial charge in [-0.3, -0.25) is 4.79 Å². The number of Topliss-reactive ketones (excluding diaryl/α,β-unsaturated/α-hetero) is 1. The van der Waals surface area contributed by atoms with E-state index in [1.165, 1.54) is 0 Å². The summed E-state index contributed by atoms with van der Waals surface area (Å²) >= 11 is 5.08. The normalized spacial score (nSPS) is 16.3. The van der Waals surface area contributed by atoms with Crippen molar-refractivity contribution in [3.63, 3.8) is 0 Å². The highest BCUT2D eigenvalue weighted by atomic mass is 79.9. The van der Waals surface area contributed by atoms with E-state index >= 15 is 0 Å². The van der Waals surface area contributed by atoms with Gasteiger partial charge in [0.1, 0.15) is 5.75 Å². The summed E-state index contributed by atoms with van der Waals surface area (Å²) < 4.78 is 6.29. The molecule has 2 nitrogen and oxygen atoms in total. The van der Waals surface area contributed by atoms with Crippen LogP contribution in [0.1, 0.15) is 27.2 Å². The van der Waals surface area contributed by atoms with Crippen LogP contribution in [0.5, 0.6) is 5.75 Å². The SMILES string of the molecule is COc1ccc2c(c1)CC/C(=C\c1ccc(Br)s1)C2=O. The lowest BCUT2D eigenvalue weighted by Gasteiger charge is -2.18. The number of aryl methyl sites for hydroxylation is 1. The Balaban J connectivity index is 1.95. The van der Waals surface area contributed by atoms with E-state index in [1.807, 2.05) is 36.4 Å². The van der Waals surface area contributed by atoms with Crippen LogP contribution in [0.25, 0.3) is 6.08 Å². The van der Waals surface area contributed by atoms with E-state index in [1.54, 1.807) is 18.4 Å². The first kappa shape index (κ1) is 13.6. The molecule has 1 aliphatic carbocycles. The quantitative estimate of drug-likeness (QED) is 0.733. The molecule has 0 fully saturated rings. The first-order chi connectivity index (χ1) is 9.67. The highest BCUT2D eigenvalue weighted by Crippen LogP contribution is 2.31. The van der Waals surface area contributed by atoms with E-state index in [0.29, 0.717) is 0 Å². The van der Waals surface area contributed by atoms with Gasteiger partial charge in [-0.05, 0) is 70.7 Å². The topological polar surface area (TPSA) is 26.3 Å². The molecule has 0 N–H and O–H groups in total. The molecule has 0 aliphatic heterocycles. The van der Waals surface area contributed by atoms with Gasteiger partial charge in [0.2, 0.25) is 0 Å². The molecular formula is C16H13BrO2S. The van der Waals surface area contributed by atoms with Crippen molar-refractivity contribution in [1.82, 2.24) is 0 Å². The maximum Gasteiger partial charge on any atom is 0.189 e. The van der Waals surface area contributed by atoms with Crippen molar-refractivity contribution >= 4 is 39.1 Å². The van der Waals surface area contributed by atoms with E-state index in [-0.39, 0.29) is 5.78 Å². The molecule has 0 atom stereocenters. The third-order valence-electron chi connectivity index (χ3n) is 3.42. The smallest absolute Gasteiger partial charge is 0.189 e. The molecule has 1 heterocycles. The molecule has 0 saturated heterocycles. The fraction of sp³-hybridized carbons (Fsp3) is 0.188. The van der Waals surface area contributed by atoms with Crippen LogP contribution < -0.4 is 4.74 Å². The van der Waals surface area contributed by atoms with Crippen molar-refractivity contribution in [2.24, 2.45) is 0 Å². The van der Waals surface area contributed by atoms with E-state index in [2.05, 4.69) is 15.9 Å². The van der Waals surface area contributed by atoms with Crippen LogP contribution in [-0.4, -0.2) is 12.9 Å². The lowest BCUT2D eigenvalue weighted by Crippen LogP contribution is -2.14. The number of thiophene rings is 1. The van der Waals surface area contributed by atoms with Crippen LogP contribution in [0.2, 0.25) is 0 Å². The van der Waals surface area contributed by atoms with Crippen molar-refractivity contribution in [3.05, 3.63) is 55.7 Å². The minimum Gasteiger partial charge on any atom is -0.497 e. The third-order valence-corrected chi connectivity index (χ3v) is 4.99. The number of hydrogen-bond acceptors (Lipinski definition) is 3. The first-order valence-electron chi connectivity index (χ1n) is 6.35. The third kappa shape index (κ3) is 2.58. The Kier molecular flexibility index (Phi) is 3.76. The van der Waals surface area contributed by atoms with Crippen LogP contribution in [-0.2, 0) is 6.42 Å². The van der Waals surface area contributed by atoms with E-state index < -0.39 is 0 Å². The summed E-state index contributed by atoms with van der Waals surface area (Å²) in [7, 11) is 1.65. The maximum atomic E-state index is 12.5. The number of benzene rings is 1. The molecule has 4 heteroatoms. The number of ether oxygens (including phenoxy) is 1. The number of fused-ring (bicyclic) bond motifs is 1. The Labute approximate surface area is 130 Å². The fourth-order valence-corrected chi connectivity index (χ4v) is 3.79. The molecule has 0 unspecified atom stereocenters. The predicted octanol–water partition coefficient (Wildman–Crippen LogP) is 4.73. The zero-order chi connectivity index (χ0) is 14.1. The second kappa shape index (κ2) is 5.54. The van der Waals surface area contributed by atoms with Gasteiger partial charge in [-0.1, -0.05) is 0 Å². The fourth-order valence-electron chi connectivity index (χ4n) is 2.40. The van der Waals surface area contributed by atoms with Gasteiger partial charge in [-0.2, -0.15) is 0 Å². The number of rotatable bonds is 2. The largest absolute Gasteiger partial charge is 0.497 e. The Morgan fingerprint density at radius 3 is 2.80 bits per heavy atom. The monoisotopic (exact) mass is 348 g/mol. The van der Waals surface area contributed by atoms with Crippen LogP contribution in [0.15, 0.2) is 39.7 Å². The number of hydrogen-bond donors (Lipinski definition) is 0. The number of allylic oxidation sites excluding steroid dienone is 1. The summed E-state index contributed by atoms with van der Waals surface area (Å²) in [5.41, 5.74) is 2.77. The van der Waals surface area contributed by atoms with Crippen LogP contribution in [0.4, 0.5) is 0 Å². The molecule has 1 aromatic carbocycles. The van der Waals surface area contributed by atoms with E-state index in [4.69, 9.17) is 4.74 Å². The standard InChI is InChI=1S/C16H13BrO2S/c1-19-12-4-6-14-10(8-12)2-3-11(16(14)18)9-13-5-7-15(17)20-13/h4-9H,2-3H2,1H3/b11-9+. The summed E-state index contributed by atoms with van der Waals surface area (Å²) in [6.45, 7) is 0. The molecule has 102 valence electrons. The van der Waals surface area contributed by atoms with E-state index in [0.717, 1.165) is 44.0 Å². The molecule has 1 aliphatic rings. The van der Waals surface area contributed by atoms with Gasteiger partial charge in [-0.15, -0.1) is 11.3 Å². The lowest BCUT2D eigenvalue weighted by atomic mass is 9.86. The average molecular weight is 349 g/mol. The predicted molar refractivity (Wildman–Crippen MR) is 85.6 cm³/mol. The Morgan fingerprint density at radius 2 is 2.10 bits per heavy atom. The Morgan fingerprint density at radius 1 is 1.25 bits per heavy atom. The minimum atomic E-state index is 0.137. The number of ketones is 1. The van der Waals surface area contributed by atoms with Crippen LogP contribution in [0, 0.1) is 0 Å². The number of methoxy groups -OCH3 is 1. The van der Waals surface area contributed by atoms with Crippen molar-refractivity contribution in [3.8, 4) is 5.75 Å². The summed E-state index contributed by atoms with van der Waals surface area (Å²) in [5.74, 6) is 0.949. The zero-order valence-electron chi connectivity index (χ0n) is 11.0. The van der Waals surface area contributed by atoms with Gasteiger partial charge >= 0.3 is 0 Å². The molecule has 0 bridgehead atoms. The zero-order valence-corrected chi connectivity index (χ0v) is 13.4. The number of halogens is 1. The molecule has 0 spiro atoms. The summed E-state index contributed by atoms with van der Waals surface area (Å²) in [5, 5.41) is 0. The van der Waals surface area contributed by atoms with Crippen molar-refractivity contribution < 1.29 is 9.53 Å². The minimum absolute atomic E-state index is 0.137. The lowest BCUT2D eigenvalue weighted by molar-refractivity contribution is 0.102. The molecule has 0 radical (unpaired) electrons. The van der Waals surface area contributed by atoms with Crippen LogP contribution in [0.3, 0.4) is 0 Å². The molecule has 1 aromatic heterocycles. The second-order valence-electron chi connectivity index (χ2n) is 4.66. The molecule has 3 rings (SSSR count). The molecular weight excluding hydrogens is 336 g/mol. The van der Waals surface area contributed by atoms with Gasteiger partial charge in [0.15, 0.2) is 5.78 Å². The molecule has 0 amide bonds. The van der Waals surface area contributed by atoms with Gasteiger partial charge in [0.05, 0.1) is 10.9 Å². The number of carbonyl (C=O) groups is 1. The molecule has 2 aromatic rings. The van der Waals surface area contributed by atoms with Gasteiger partial charge < -0.3 is 4.74 Å². The highest BCUT2D eigenvalue weighted by molar-refractivity contribution is 9.11. The van der Waals surface area contributed by atoms with Gasteiger partial charge in [-0.25, -0.2) is 0 Å². The second-order valence-corrected chi connectivity index (χ2v) is 7.16. The van der Waals surface area contributed by atoms with Crippen molar-refractivity contribution in [2.75, 3.05) is 7.11 Å². The Hall–Kier alpha value is -1.39. The molecule has 0 saturated carbocycles. The van der Waals surface area contributed by atoms with Crippen LogP contribution >= 0.6 is 27.3 Å². The molecule has 20 heavy (non-hydrogen) atoms. The van der Waals surface area contributed by atoms with Gasteiger partial charge in [0.25, 0.3) is 0 Å². The van der Waals surface area contributed by atoms with Crippen molar-refractivity contribution in [2.45, 2.75) is 12.8 Å². The summed E-state index contributed by atoms with van der Waals surface area (Å²) in [4.78, 5) is 13.6. The summed E-state index contributed by atoms with van der Waals surface area (Å²) in [6.07, 6.45) is 3.68. The van der Waals surface area contributed by atoms with Crippen molar-refractivity contribution in [1.29, 1.82) is 0 Å². The maximum absolute atomic E-state index is 12.5. The number of carbonyl (C=O) groups excluding carboxylic acids is 1. The highest BCUT2D eigenvalue weighted by Gasteiger charge is 2.22. The van der Waals surface area contributed by atoms with E-state index in [9.17, 15) is 4.79 Å². The summed E-state index contributed by atoms with van der Waals surface area (Å²) in [6, 6.07) is 9.71. The van der Waals surface area contributed by atoms with Gasteiger partial charge in [0, 0.05) is 16.0 Å².